The Labute approximate surface area is 110 Å². The van der Waals surface area contributed by atoms with Crippen LogP contribution in [0.2, 0.25) is 0 Å². The highest BCUT2D eigenvalue weighted by Gasteiger charge is 2.13. The van der Waals surface area contributed by atoms with Crippen molar-refractivity contribution in [3.63, 3.8) is 0 Å². The molecule has 1 fully saturated rings. The van der Waals surface area contributed by atoms with Crippen LogP contribution in [0.5, 0.6) is 0 Å². The van der Waals surface area contributed by atoms with E-state index >= 15 is 0 Å². The van der Waals surface area contributed by atoms with E-state index in [1.54, 1.807) is 12.1 Å². The molecule has 1 aromatic rings. The Morgan fingerprint density at radius 1 is 1.22 bits per heavy atom. The fourth-order valence-electron chi connectivity index (χ4n) is 1.97. The Balaban J connectivity index is 1.78. The number of anilines is 1. The zero-order valence-corrected chi connectivity index (χ0v) is 10.9. The number of ether oxygens (including phenoxy) is 1. The van der Waals surface area contributed by atoms with Gasteiger partial charge in [0.2, 0.25) is 0 Å². The first-order chi connectivity index (χ1) is 8.74. The van der Waals surface area contributed by atoms with Crippen LogP contribution in [-0.4, -0.2) is 25.5 Å². The van der Waals surface area contributed by atoms with Crippen LogP contribution in [0, 0.1) is 5.92 Å². The normalized spacial score (nSPS) is 17.1. The molecule has 1 aromatic carbocycles. The summed E-state index contributed by atoms with van der Waals surface area (Å²) in [7, 11) is 0. The van der Waals surface area contributed by atoms with Crippen LogP contribution in [0.1, 0.15) is 12.8 Å². The molecule has 5 heteroatoms. The molecular weight excluding hydrogens is 256 g/mol. The summed E-state index contributed by atoms with van der Waals surface area (Å²) >= 11 is 0.576. The summed E-state index contributed by atoms with van der Waals surface area (Å²) in [5.74, 6) is -1.71. The average Bonchev–Trinajstić information content (AvgIpc) is 2.38. The van der Waals surface area contributed by atoms with Crippen molar-refractivity contribution in [2.24, 2.45) is 5.92 Å². The van der Waals surface area contributed by atoms with Gasteiger partial charge in [-0.25, -0.2) is 0 Å². The van der Waals surface area contributed by atoms with E-state index in [9.17, 15) is 8.78 Å². The van der Waals surface area contributed by atoms with E-state index in [1.165, 1.54) is 0 Å². The molecule has 1 saturated heterocycles. The van der Waals surface area contributed by atoms with Crippen LogP contribution in [0.15, 0.2) is 29.2 Å². The van der Waals surface area contributed by atoms with Crippen LogP contribution in [-0.2, 0) is 4.74 Å². The van der Waals surface area contributed by atoms with Gasteiger partial charge in [-0.05, 0) is 43.0 Å². The average molecular weight is 273 g/mol. The lowest BCUT2D eigenvalue weighted by atomic mass is 10.0. The topological polar surface area (TPSA) is 21.3 Å². The molecule has 0 radical (unpaired) electrons. The van der Waals surface area contributed by atoms with Crippen LogP contribution in [0.25, 0.3) is 0 Å². The fraction of sp³-hybridized carbons (Fsp3) is 0.538. The molecule has 0 spiro atoms. The first-order valence-electron chi connectivity index (χ1n) is 6.10. The summed E-state index contributed by atoms with van der Waals surface area (Å²) in [5, 5.41) is 3.34. The quantitative estimate of drug-likeness (QED) is 0.824. The summed E-state index contributed by atoms with van der Waals surface area (Å²) in [6, 6.07) is 7.15. The summed E-state index contributed by atoms with van der Waals surface area (Å²) in [6.07, 6.45) is 2.18. The van der Waals surface area contributed by atoms with Gasteiger partial charge >= 0.3 is 0 Å². The number of rotatable bonds is 5. The van der Waals surface area contributed by atoms with Gasteiger partial charge in [0.25, 0.3) is 5.76 Å². The maximum Gasteiger partial charge on any atom is 0.288 e. The van der Waals surface area contributed by atoms with E-state index < -0.39 is 5.76 Å². The number of hydrogen-bond donors (Lipinski definition) is 1. The lowest BCUT2D eigenvalue weighted by molar-refractivity contribution is 0.0699. The van der Waals surface area contributed by atoms with Gasteiger partial charge in [0.15, 0.2) is 0 Å². The SMILES string of the molecule is FC(F)Sc1ccc(NCC2CCOCC2)cc1. The smallest absolute Gasteiger partial charge is 0.288 e. The molecule has 0 atom stereocenters. The Morgan fingerprint density at radius 3 is 2.50 bits per heavy atom. The summed E-state index contributed by atoms with van der Waals surface area (Å²) in [5.41, 5.74) is 0.986. The van der Waals surface area contributed by atoms with E-state index in [1.807, 2.05) is 12.1 Å². The minimum Gasteiger partial charge on any atom is -0.385 e. The van der Waals surface area contributed by atoms with E-state index in [0.717, 1.165) is 38.3 Å². The molecule has 0 unspecified atom stereocenters. The second-order valence-electron chi connectivity index (χ2n) is 4.34. The van der Waals surface area contributed by atoms with Gasteiger partial charge in [0.1, 0.15) is 0 Å². The minimum atomic E-state index is -2.36. The molecular formula is C13H17F2NOS. The Kier molecular flexibility index (Phi) is 5.26. The number of nitrogens with one attached hydrogen (secondary N) is 1. The van der Waals surface area contributed by atoms with Crippen molar-refractivity contribution in [2.45, 2.75) is 23.5 Å². The van der Waals surface area contributed by atoms with Gasteiger partial charge in [-0.1, -0.05) is 11.8 Å². The van der Waals surface area contributed by atoms with E-state index in [4.69, 9.17) is 4.74 Å². The molecule has 0 saturated carbocycles. The molecule has 0 aliphatic carbocycles. The lowest BCUT2D eigenvalue weighted by Gasteiger charge is -2.22. The van der Waals surface area contributed by atoms with Crippen molar-refractivity contribution in [1.29, 1.82) is 0 Å². The van der Waals surface area contributed by atoms with Gasteiger partial charge in [-0.2, -0.15) is 8.78 Å². The number of benzene rings is 1. The van der Waals surface area contributed by atoms with Crippen molar-refractivity contribution in [1.82, 2.24) is 0 Å². The molecule has 18 heavy (non-hydrogen) atoms. The van der Waals surface area contributed by atoms with Gasteiger partial charge in [0.05, 0.1) is 0 Å². The largest absolute Gasteiger partial charge is 0.385 e. The maximum atomic E-state index is 12.1. The monoisotopic (exact) mass is 273 g/mol. The molecule has 2 rings (SSSR count). The number of hydrogen-bond acceptors (Lipinski definition) is 3. The minimum absolute atomic E-state index is 0.576. The van der Waals surface area contributed by atoms with Crippen LogP contribution >= 0.6 is 11.8 Å². The van der Waals surface area contributed by atoms with Crippen LogP contribution in [0.3, 0.4) is 0 Å². The Bertz CT molecular complexity index is 353. The molecule has 100 valence electrons. The Hall–Kier alpha value is -0.810. The fourth-order valence-corrected chi connectivity index (χ4v) is 2.47. The third-order valence-electron chi connectivity index (χ3n) is 3.02. The van der Waals surface area contributed by atoms with Crippen molar-refractivity contribution in [3.8, 4) is 0 Å². The van der Waals surface area contributed by atoms with Gasteiger partial charge < -0.3 is 10.1 Å². The third kappa shape index (κ3) is 4.46. The molecule has 0 aromatic heterocycles. The lowest BCUT2D eigenvalue weighted by Crippen LogP contribution is -2.22. The van der Waals surface area contributed by atoms with E-state index in [0.29, 0.717) is 22.6 Å². The van der Waals surface area contributed by atoms with Gasteiger partial charge in [-0.15, -0.1) is 0 Å². The maximum absolute atomic E-state index is 12.1. The van der Waals surface area contributed by atoms with E-state index in [-0.39, 0.29) is 0 Å². The second-order valence-corrected chi connectivity index (χ2v) is 5.40. The van der Waals surface area contributed by atoms with Crippen LogP contribution in [0.4, 0.5) is 14.5 Å². The molecule has 1 heterocycles. The zero-order chi connectivity index (χ0) is 12.8. The summed E-state index contributed by atoms with van der Waals surface area (Å²) in [6.45, 7) is 2.61. The van der Waals surface area contributed by atoms with Gasteiger partial charge in [0, 0.05) is 30.3 Å². The molecule has 0 bridgehead atoms. The number of alkyl halides is 2. The highest BCUT2D eigenvalue weighted by Crippen LogP contribution is 2.26. The highest BCUT2D eigenvalue weighted by molar-refractivity contribution is 7.99. The molecule has 1 N–H and O–H groups in total. The van der Waals surface area contributed by atoms with Gasteiger partial charge in [-0.3, -0.25) is 0 Å². The van der Waals surface area contributed by atoms with Crippen molar-refractivity contribution >= 4 is 17.4 Å². The predicted octanol–water partition coefficient (Wildman–Crippen LogP) is 3.84. The second kappa shape index (κ2) is 6.95. The number of halogens is 2. The van der Waals surface area contributed by atoms with Crippen molar-refractivity contribution < 1.29 is 13.5 Å². The zero-order valence-electron chi connectivity index (χ0n) is 10.1. The van der Waals surface area contributed by atoms with Crippen molar-refractivity contribution in [2.75, 3.05) is 25.1 Å². The summed E-state index contributed by atoms with van der Waals surface area (Å²) in [4.78, 5) is 0.599. The summed E-state index contributed by atoms with van der Waals surface area (Å²) < 4.78 is 29.6. The molecule has 1 aliphatic rings. The third-order valence-corrected chi connectivity index (χ3v) is 3.74. The van der Waals surface area contributed by atoms with Crippen LogP contribution < -0.4 is 5.32 Å². The van der Waals surface area contributed by atoms with Crippen molar-refractivity contribution in [3.05, 3.63) is 24.3 Å². The standard InChI is InChI=1S/C13H17F2NOS/c14-13(15)18-12-3-1-11(2-4-12)16-9-10-5-7-17-8-6-10/h1-4,10,13,16H,5-9H2. The first-order valence-corrected chi connectivity index (χ1v) is 6.98. The molecule has 1 aliphatic heterocycles. The van der Waals surface area contributed by atoms with E-state index in [2.05, 4.69) is 5.32 Å². The predicted molar refractivity (Wildman–Crippen MR) is 70.3 cm³/mol. The number of thioether (sulfide) groups is 1. The highest BCUT2D eigenvalue weighted by atomic mass is 32.2. The molecule has 2 nitrogen and oxygen atoms in total. The first kappa shape index (κ1) is 13.6. The Morgan fingerprint density at radius 2 is 1.89 bits per heavy atom. The molecule has 0 amide bonds.